The molecule has 1 atom stereocenters. The van der Waals surface area contributed by atoms with Crippen LogP contribution in [0, 0.1) is 12.8 Å². The molecule has 1 saturated heterocycles. The number of nitrogens with one attached hydrogen (secondary N) is 2. The van der Waals surface area contributed by atoms with Crippen LogP contribution in [0.5, 0.6) is 0 Å². The Morgan fingerprint density at radius 3 is 2.45 bits per heavy atom. The molecule has 3 rings (SSSR count). The van der Waals surface area contributed by atoms with Crippen molar-refractivity contribution in [2.75, 3.05) is 13.1 Å². The summed E-state index contributed by atoms with van der Waals surface area (Å²) in [5, 5.41) is 5.14. The number of aryl methyl sites for hydroxylation is 1. The summed E-state index contributed by atoms with van der Waals surface area (Å²) in [6.45, 7) is 5.72. The number of thioether (sulfide) groups is 1. The van der Waals surface area contributed by atoms with Crippen molar-refractivity contribution in [1.29, 1.82) is 0 Å². The van der Waals surface area contributed by atoms with Crippen LogP contribution < -0.4 is 10.6 Å². The van der Waals surface area contributed by atoms with E-state index in [1.807, 2.05) is 57.2 Å². The van der Waals surface area contributed by atoms with Gasteiger partial charge >= 0.3 is 0 Å². The van der Waals surface area contributed by atoms with Gasteiger partial charge in [0.25, 0.3) is 17.1 Å². The topological polar surface area (TPSA) is 95.6 Å². The number of hydrogen-bond acceptors (Lipinski definition) is 5. The smallest absolute Gasteiger partial charge is 0.293 e. The van der Waals surface area contributed by atoms with E-state index < -0.39 is 6.04 Å². The number of imide groups is 1. The van der Waals surface area contributed by atoms with Gasteiger partial charge in [0.2, 0.25) is 5.91 Å². The summed E-state index contributed by atoms with van der Waals surface area (Å²) < 4.78 is 0. The van der Waals surface area contributed by atoms with Crippen LogP contribution in [0.4, 0.5) is 4.79 Å². The lowest BCUT2D eigenvalue weighted by Gasteiger charge is -2.22. The minimum Gasteiger partial charge on any atom is -0.353 e. The predicted molar refractivity (Wildman–Crippen MR) is 129 cm³/mol. The van der Waals surface area contributed by atoms with E-state index in [2.05, 4.69) is 10.6 Å². The molecule has 0 unspecified atom stereocenters. The van der Waals surface area contributed by atoms with Gasteiger partial charge in [0.15, 0.2) is 0 Å². The molecule has 0 spiro atoms. The quantitative estimate of drug-likeness (QED) is 0.581. The minimum absolute atomic E-state index is 0.0547. The Morgan fingerprint density at radius 1 is 1.06 bits per heavy atom. The van der Waals surface area contributed by atoms with Crippen molar-refractivity contribution in [2.45, 2.75) is 26.8 Å². The van der Waals surface area contributed by atoms with Gasteiger partial charge in [-0.05, 0) is 48.4 Å². The Hall–Kier alpha value is -3.39. The maximum atomic E-state index is 12.7. The van der Waals surface area contributed by atoms with Gasteiger partial charge in [0.1, 0.15) is 6.04 Å². The maximum absolute atomic E-state index is 12.7. The molecule has 1 fully saturated rings. The average Bonchev–Trinajstić information content (AvgIpc) is 3.05. The molecule has 0 saturated carbocycles. The highest BCUT2D eigenvalue weighted by Gasteiger charge is 2.35. The second-order valence-corrected chi connectivity index (χ2v) is 9.09. The fourth-order valence-corrected chi connectivity index (χ4v) is 4.21. The summed E-state index contributed by atoms with van der Waals surface area (Å²) in [6, 6.07) is 15.7. The first-order valence-corrected chi connectivity index (χ1v) is 11.5. The molecule has 0 radical (unpaired) electrons. The van der Waals surface area contributed by atoms with Crippen molar-refractivity contribution < 1.29 is 19.2 Å². The first kappa shape index (κ1) is 24.3. The summed E-state index contributed by atoms with van der Waals surface area (Å²) in [5.41, 5.74) is 2.27. The molecule has 172 valence electrons. The minimum atomic E-state index is -0.745. The van der Waals surface area contributed by atoms with Crippen LogP contribution in [0.2, 0.25) is 0 Å². The van der Waals surface area contributed by atoms with Gasteiger partial charge in [0.05, 0.1) is 4.91 Å². The Morgan fingerprint density at radius 2 is 1.79 bits per heavy atom. The van der Waals surface area contributed by atoms with Crippen molar-refractivity contribution >= 4 is 40.8 Å². The summed E-state index contributed by atoms with van der Waals surface area (Å²) in [5.74, 6) is -1.22. The van der Waals surface area contributed by atoms with Gasteiger partial charge in [-0.15, -0.1) is 0 Å². The van der Waals surface area contributed by atoms with Crippen LogP contribution in [-0.2, 0) is 9.59 Å². The summed E-state index contributed by atoms with van der Waals surface area (Å²) in [6.07, 6.45) is 1.68. The highest BCUT2D eigenvalue weighted by molar-refractivity contribution is 8.18. The Balaban J connectivity index is 1.56. The summed E-state index contributed by atoms with van der Waals surface area (Å²) in [4.78, 5) is 51.7. The van der Waals surface area contributed by atoms with Crippen molar-refractivity contribution in [1.82, 2.24) is 15.5 Å². The average molecular weight is 466 g/mol. The SMILES string of the molecule is Cc1cccc(C(=O)N[C@H](C(=O)NCCN2C(=O)S/C(=C\c3ccccc3)C2=O)C(C)C)c1. The zero-order valence-corrected chi connectivity index (χ0v) is 19.6. The zero-order chi connectivity index (χ0) is 24.0. The molecular formula is C25H27N3O4S. The largest absolute Gasteiger partial charge is 0.353 e. The van der Waals surface area contributed by atoms with Gasteiger partial charge in [-0.2, -0.15) is 0 Å². The van der Waals surface area contributed by atoms with E-state index in [0.717, 1.165) is 27.8 Å². The van der Waals surface area contributed by atoms with Gasteiger partial charge < -0.3 is 10.6 Å². The lowest BCUT2D eigenvalue weighted by atomic mass is 10.0. The van der Waals surface area contributed by atoms with Crippen molar-refractivity contribution in [3.8, 4) is 0 Å². The molecule has 1 aliphatic rings. The molecule has 2 aromatic carbocycles. The van der Waals surface area contributed by atoms with Crippen LogP contribution in [0.15, 0.2) is 59.5 Å². The molecule has 1 aliphatic heterocycles. The van der Waals surface area contributed by atoms with Gasteiger partial charge in [-0.1, -0.05) is 61.9 Å². The number of carbonyl (C=O) groups is 4. The number of carbonyl (C=O) groups excluding carboxylic acids is 4. The van der Waals surface area contributed by atoms with Crippen molar-refractivity contribution in [2.24, 2.45) is 5.92 Å². The van der Waals surface area contributed by atoms with E-state index in [1.165, 1.54) is 0 Å². The molecular weight excluding hydrogens is 438 g/mol. The molecule has 0 aromatic heterocycles. The number of nitrogens with zero attached hydrogens (tertiary/aromatic N) is 1. The number of benzene rings is 2. The second-order valence-electron chi connectivity index (χ2n) is 8.10. The van der Waals surface area contributed by atoms with Gasteiger partial charge in [-0.3, -0.25) is 24.1 Å². The van der Waals surface area contributed by atoms with Crippen LogP contribution in [0.3, 0.4) is 0 Å². The summed E-state index contributed by atoms with van der Waals surface area (Å²) >= 11 is 0.883. The third-order valence-corrected chi connectivity index (χ3v) is 6.03. The molecule has 0 aliphatic carbocycles. The van der Waals surface area contributed by atoms with Crippen LogP contribution >= 0.6 is 11.8 Å². The molecule has 0 bridgehead atoms. The van der Waals surface area contributed by atoms with Crippen molar-refractivity contribution in [3.63, 3.8) is 0 Å². The first-order chi connectivity index (χ1) is 15.8. The van der Waals surface area contributed by atoms with Crippen molar-refractivity contribution in [3.05, 3.63) is 76.2 Å². The third-order valence-electron chi connectivity index (χ3n) is 5.12. The monoisotopic (exact) mass is 465 g/mol. The highest BCUT2D eigenvalue weighted by Crippen LogP contribution is 2.31. The molecule has 4 amide bonds. The Bertz CT molecular complexity index is 1080. The van der Waals surface area contributed by atoms with Crippen LogP contribution in [-0.4, -0.2) is 47.0 Å². The van der Waals surface area contributed by atoms with E-state index >= 15 is 0 Å². The predicted octanol–water partition coefficient (Wildman–Crippen LogP) is 3.60. The number of rotatable bonds is 8. The lowest BCUT2D eigenvalue weighted by molar-refractivity contribution is -0.125. The van der Waals surface area contributed by atoms with E-state index in [9.17, 15) is 19.2 Å². The fourth-order valence-electron chi connectivity index (χ4n) is 3.34. The Labute approximate surface area is 197 Å². The first-order valence-electron chi connectivity index (χ1n) is 10.7. The highest BCUT2D eigenvalue weighted by atomic mass is 32.2. The van der Waals surface area contributed by atoms with E-state index in [-0.39, 0.29) is 42.0 Å². The molecule has 33 heavy (non-hydrogen) atoms. The van der Waals surface area contributed by atoms with Gasteiger partial charge in [-0.25, -0.2) is 0 Å². The number of amides is 4. The molecule has 2 aromatic rings. The van der Waals surface area contributed by atoms with E-state index in [0.29, 0.717) is 10.5 Å². The van der Waals surface area contributed by atoms with Crippen LogP contribution in [0.25, 0.3) is 6.08 Å². The lowest BCUT2D eigenvalue weighted by Crippen LogP contribution is -2.51. The second kappa shape index (κ2) is 11.0. The molecule has 1 heterocycles. The summed E-state index contributed by atoms with van der Waals surface area (Å²) in [7, 11) is 0. The fraction of sp³-hybridized carbons (Fsp3) is 0.280. The number of hydrogen-bond donors (Lipinski definition) is 2. The molecule has 8 heteroatoms. The molecule has 7 nitrogen and oxygen atoms in total. The Kier molecular flexibility index (Phi) is 8.06. The van der Waals surface area contributed by atoms with E-state index in [4.69, 9.17) is 0 Å². The van der Waals surface area contributed by atoms with Gasteiger partial charge in [0, 0.05) is 18.7 Å². The zero-order valence-electron chi connectivity index (χ0n) is 18.8. The maximum Gasteiger partial charge on any atom is 0.293 e. The molecule has 2 N–H and O–H groups in total. The van der Waals surface area contributed by atoms with Crippen LogP contribution in [0.1, 0.15) is 35.3 Å². The van der Waals surface area contributed by atoms with E-state index in [1.54, 1.807) is 24.3 Å². The third kappa shape index (κ3) is 6.32. The normalized spacial score (nSPS) is 15.8. The standard InChI is InChI=1S/C25H27N3O4S/c1-16(2)21(27-22(29)19-11-7-8-17(3)14-19)23(30)26-12-13-28-24(31)20(33-25(28)32)15-18-9-5-4-6-10-18/h4-11,14-16,21H,12-13H2,1-3H3,(H,26,30)(H,27,29)/b20-15-/t21-/m0/s1.